The van der Waals surface area contributed by atoms with Crippen molar-refractivity contribution < 1.29 is 9.53 Å². The van der Waals surface area contributed by atoms with Gasteiger partial charge in [0, 0.05) is 19.0 Å². The molecule has 4 rings (SSSR count). The van der Waals surface area contributed by atoms with E-state index in [4.69, 9.17) is 9.72 Å². The molecule has 128 valence electrons. The van der Waals surface area contributed by atoms with E-state index in [1.54, 1.807) is 11.3 Å². The van der Waals surface area contributed by atoms with Crippen molar-refractivity contribution in [3.8, 4) is 5.75 Å². The van der Waals surface area contributed by atoms with Crippen LogP contribution >= 0.6 is 11.3 Å². The van der Waals surface area contributed by atoms with E-state index in [9.17, 15) is 4.79 Å². The van der Waals surface area contributed by atoms with Crippen LogP contribution in [-0.2, 0) is 4.79 Å². The summed E-state index contributed by atoms with van der Waals surface area (Å²) in [6.07, 6.45) is 2.10. The number of rotatable bonds is 4. The zero-order valence-electron chi connectivity index (χ0n) is 13.9. The lowest BCUT2D eigenvalue weighted by atomic mass is 9.99. The highest BCUT2D eigenvalue weighted by Gasteiger charge is 2.27. The van der Waals surface area contributed by atoms with Crippen molar-refractivity contribution in [1.82, 2.24) is 9.88 Å². The average Bonchev–Trinajstić information content (AvgIpc) is 3.11. The van der Waals surface area contributed by atoms with Crippen LogP contribution in [0.2, 0.25) is 0 Å². The summed E-state index contributed by atoms with van der Waals surface area (Å²) in [6, 6.07) is 17.7. The van der Waals surface area contributed by atoms with Gasteiger partial charge >= 0.3 is 0 Å². The quantitative estimate of drug-likeness (QED) is 0.710. The van der Waals surface area contributed by atoms with Crippen LogP contribution in [0.4, 0.5) is 0 Å². The molecular formula is C20H20N2O2S. The molecule has 4 nitrogen and oxygen atoms in total. The molecule has 1 aliphatic heterocycles. The molecule has 1 atom stereocenters. The first-order valence-electron chi connectivity index (χ1n) is 8.61. The van der Waals surface area contributed by atoms with E-state index < -0.39 is 0 Å². The normalized spacial score (nSPS) is 17.6. The number of benzene rings is 2. The van der Waals surface area contributed by atoms with Gasteiger partial charge in [-0.25, -0.2) is 4.98 Å². The Morgan fingerprint density at radius 2 is 1.96 bits per heavy atom. The molecule has 25 heavy (non-hydrogen) atoms. The van der Waals surface area contributed by atoms with Crippen LogP contribution in [0, 0.1) is 0 Å². The summed E-state index contributed by atoms with van der Waals surface area (Å²) in [7, 11) is 0. The molecule has 2 heterocycles. The summed E-state index contributed by atoms with van der Waals surface area (Å²) in [5.41, 5.74) is 1.05. The van der Waals surface area contributed by atoms with Crippen LogP contribution in [0.3, 0.4) is 0 Å². The van der Waals surface area contributed by atoms with Gasteiger partial charge in [-0.1, -0.05) is 30.3 Å². The van der Waals surface area contributed by atoms with Crippen LogP contribution in [0.15, 0.2) is 54.6 Å². The van der Waals surface area contributed by atoms with Crippen molar-refractivity contribution in [2.75, 3.05) is 19.7 Å². The highest BCUT2D eigenvalue weighted by Crippen LogP contribution is 2.32. The molecule has 5 heteroatoms. The van der Waals surface area contributed by atoms with Crippen molar-refractivity contribution in [3.63, 3.8) is 0 Å². The molecule has 1 fully saturated rings. The van der Waals surface area contributed by atoms with Gasteiger partial charge in [-0.05, 0) is 37.1 Å². The fraction of sp³-hybridized carbons (Fsp3) is 0.300. The number of thiazole rings is 1. The second-order valence-electron chi connectivity index (χ2n) is 6.30. The molecule has 1 aliphatic rings. The lowest BCUT2D eigenvalue weighted by molar-refractivity contribution is -0.134. The Morgan fingerprint density at radius 1 is 1.16 bits per heavy atom. The number of ether oxygens (including phenoxy) is 1. The fourth-order valence-electron chi connectivity index (χ4n) is 3.22. The third-order valence-electron chi connectivity index (χ3n) is 4.54. The summed E-state index contributed by atoms with van der Waals surface area (Å²) in [5.74, 6) is 1.11. The number of fused-ring (bicyclic) bond motifs is 1. The molecular weight excluding hydrogens is 332 g/mol. The number of carbonyl (C=O) groups excluding carboxylic acids is 1. The van der Waals surface area contributed by atoms with Crippen LogP contribution in [0.1, 0.15) is 23.8 Å². The molecule has 1 saturated heterocycles. The first-order valence-corrected chi connectivity index (χ1v) is 9.42. The maximum absolute atomic E-state index is 12.5. The van der Waals surface area contributed by atoms with E-state index in [1.807, 2.05) is 47.4 Å². The first-order chi connectivity index (χ1) is 12.3. The molecule has 0 saturated carbocycles. The van der Waals surface area contributed by atoms with Gasteiger partial charge in [0.1, 0.15) is 5.75 Å². The predicted octanol–water partition coefficient (Wildman–Crippen LogP) is 4.08. The smallest absolute Gasteiger partial charge is 0.260 e. The third-order valence-corrected chi connectivity index (χ3v) is 5.74. The second-order valence-corrected chi connectivity index (χ2v) is 7.36. The molecule has 1 aromatic heterocycles. The van der Waals surface area contributed by atoms with Crippen molar-refractivity contribution in [1.29, 1.82) is 0 Å². The highest BCUT2D eigenvalue weighted by molar-refractivity contribution is 7.18. The Bertz CT molecular complexity index is 829. The first kappa shape index (κ1) is 16.1. The minimum Gasteiger partial charge on any atom is -0.484 e. The molecule has 1 amide bonds. The number of likely N-dealkylation sites (tertiary alicyclic amines) is 1. The highest BCUT2D eigenvalue weighted by atomic mass is 32.1. The van der Waals surface area contributed by atoms with Crippen molar-refractivity contribution in [2.24, 2.45) is 0 Å². The van der Waals surface area contributed by atoms with Crippen LogP contribution in [0.25, 0.3) is 10.2 Å². The largest absolute Gasteiger partial charge is 0.484 e. The van der Waals surface area contributed by atoms with E-state index in [1.165, 1.54) is 4.70 Å². The lowest BCUT2D eigenvalue weighted by Crippen LogP contribution is -2.41. The minimum atomic E-state index is 0.0506. The lowest BCUT2D eigenvalue weighted by Gasteiger charge is -2.31. The molecule has 0 aliphatic carbocycles. The third kappa shape index (κ3) is 3.66. The number of hydrogen-bond acceptors (Lipinski definition) is 4. The van der Waals surface area contributed by atoms with Gasteiger partial charge in [0.05, 0.1) is 15.2 Å². The van der Waals surface area contributed by atoms with E-state index in [0.717, 1.165) is 42.2 Å². The molecule has 0 spiro atoms. The summed E-state index contributed by atoms with van der Waals surface area (Å²) in [5, 5.41) is 1.14. The number of hydrogen-bond donors (Lipinski definition) is 0. The number of nitrogens with zero attached hydrogens (tertiary/aromatic N) is 2. The van der Waals surface area contributed by atoms with Gasteiger partial charge in [0.25, 0.3) is 5.91 Å². The van der Waals surface area contributed by atoms with Gasteiger partial charge in [-0.15, -0.1) is 11.3 Å². The van der Waals surface area contributed by atoms with Crippen molar-refractivity contribution >= 4 is 27.5 Å². The fourth-order valence-corrected chi connectivity index (χ4v) is 4.32. The molecule has 2 aromatic carbocycles. The zero-order chi connectivity index (χ0) is 17.1. The topological polar surface area (TPSA) is 42.4 Å². The number of piperidine rings is 1. The SMILES string of the molecule is O=C(COc1ccccc1)N1CCC[C@@H](c2nc3ccccc3s2)C1. The van der Waals surface area contributed by atoms with Crippen LogP contribution in [0.5, 0.6) is 5.75 Å². The average molecular weight is 352 g/mol. The number of aromatic nitrogens is 1. The summed E-state index contributed by atoms with van der Waals surface area (Å²) < 4.78 is 6.82. The van der Waals surface area contributed by atoms with E-state index in [2.05, 4.69) is 12.1 Å². The molecule has 0 bridgehead atoms. The Labute approximate surface area is 151 Å². The molecule has 0 radical (unpaired) electrons. The van der Waals surface area contributed by atoms with Crippen molar-refractivity contribution in [3.05, 3.63) is 59.6 Å². The Hall–Kier alpha value is -2.40. The van der Waals surface area contributed by atoms with E-state index >= 15 is 0 Å². The van der Waals surface area contributed by atoms with Crippen molar-refractivity contribution in [2.45, 2.75) is 18.8 Å². The predicted molar refractivity (Wildman–Crippen MR) is 100 cm³/mol. The van der Waals surface area contributed by atoms with Gasteiger partial charge in [0.15, 0.2) is 6.61 Å². The number of amides is 1. The number of carbonyl (C=O) groups is 1. The van der Waals surface area contributed by atoms with Crippen LogP contribution < -0.4 is 4.74 Å². The van der Waals surface area contributed by atoms with Gasteiger partial charge in [0.2, 0.25) is 0 Å². The number of para-hydroxylation sites is 2. The Morgan fingerprint density at radius 3 is 2.80 bits per heavy atom. The maximum atomic E-state index is 12.5. The van der Waals surface area contributed by atoms with Gasteiger partial charge in [-0.3, -0.25) is 4.79 Å². The molecule has 0 N–H and O–H groups in total. The molecule has 0 unspecified atom stereocenters. The van der Waals surface area contributed by atoms with Crippen LogP contribution in [-0.4, -0.2) is 35.5 Å². The zero-order valence-corrected chi connectivity index (χ0v) is 14.7. The monoisotopic (exact) mass is 352 g/mol. The van der Waals surface area contributed by atoms with E-state index in [0.29, 0.717) is 5.92 Å². The maximum Gasteiger partial charge on any atom is 0.260 e. The summed E-state index contributed by atoms with van der Waals surface area (Å²) in [6.45, 7) is 1.63. The second kappa shape index (κ2) is 7.23. The molecule has 3 aromatic rings. The Kier molecular flexibility index (Phi) is 4.65. The minimum absolute atomic E-state index is 0.0506. The standard InChI is InChI=1S/C20H20N2O2S/c23-19(14-24-16-8-2-1-3-9-16)22-12-6-7-15(13-22)20-21-17-10-4-5-11-18(17)25-20/h1-5,8-11,15H,6-7,12-14H2/t15-/m1/s1. The summed E-state index contributed by atoms with van der Waals surface area (Å²) >= 11 is 1.75. The summed E-state index contributed by atoms with van der Waals surface area (Å²) in [4.78, 5) is 19.2. The van der Waals surface area contributed by atoms with Gasteiger partial charge < -0.3 is 9.64 Å². The van der Waals surface area contributed by atoms with Gasteiger partial charge in [-0.2, -0.15) is 0 Å². The van der Waals surface area contributed by atoms with E-state index in [-0.39, 0.29) is 12.5 Å². The Balaban J connectivity index is 1.41.